The number of nitrogens with one attached hydrogen (secondary N) is 2. The molecule has 0 radical (unpaired) electrons. The summed E-state index contributed by atoms with van der Waals surface area (Å²) in [5, 5.41) is 12.0. The van der Waals surface area contributed by atoms with E-state index in [2.05, 4.69) is 37.8 Å². The number of hydrogen-bond acceptors (Lipinski definition) is 6. The largest absolute Gasteiger partial charge is 0.324 e. The molecule has 0 atom stereocenters. The van der Waals surface area contributed by atoms with E-state index in [9.17, 15) is 0 Å². The Hall–Kier alpha value is -1.57. The second-order valence-electron chi connectivity index (χ2n) is 9.20. The Morgan fingerprint density at radius 3 is 2.50 bits per heavy atom. The Morgan fingerprint density at radius 2 is 1.82 bits per heavy atom. The molecule has 6 nitrogen and oxygen atoms in total. The number of hydrogen-bond donors (Lipinski definition) is 2. The molecule has 2 fully saturated rings. The SMILES string of the molecule is CN1CCC2(C1)CN(Sc1n[nH]c(Nc3c4c(cc5c3CCC5)CCC4)n1)C2. The van der Waals surface area contributed by atoms with E-state index in [1.54, 1.807) is 23.1 Å². The van der Waals surface area contributed by atoms with E-state index in [1.807, 2.05) is 0 Å². The third-order valence-corrected chi connectivity index (χ3v) is 7.91. The molecular weight excluding hydrogens is 368 g/mol. The van der Waals surface area contributed by atoms with Crippen LogP contribution < -0.4 is 5.32 Å². The van der Waals surface area contributed by atoms with Crippen molar-refractivity contribution in [1.82, 2.24) is 24.4 Å². The lowest BCUT2D eigenvalue weighted by Gasteiger charge is -2.46. The second kappa shape index (κ2) is 6.47. The summed E-state index contributed by atoms with van der Waals surface area (Å²) in [6.07, 6.45) is 8.69. The smallest absolute Gasteiger partial charge is 0.225 e. The quantitative estimate of drug-likeness (QED) is 0.774. The molecule has 0 saturated carbocycles. The summed E-state index contributed by atoms with van der Waals surface area (Å²) in [6.45, 7) is 4.77. The molecule has 0 bridgehead atoms. The molecule has 4 aliphatic rings. The van der Waals surface area contributed by atoms with Crippen molar-refractivity contribution < 1.29 is 0 Å². The summed E-state index contributed by atoms with van der Waals surface area (Å²) >= 11 is 1.70. The molecule has 1 aromatic heterocycles. The van der Waals surface area contributed by atoms with Gasteiger partial charge < -0.3 is 10.2 Å². The van der Waals surface area contributed by atoms with Crippen molar-refractivity contribution in [3.63, 3.8) is 0 Å². The van der Waals surface area contributed by atoms with Crippen LogP contribution in [0.5, 0.6) is 0 Å². The van der Waals surface area contributed by atoms with Crippen molar-refractivity contribution in [3.8, 4) is 0 Å². The van der Waals surface area contributed by atoms with Gasteiger partial charge in [-0.15, -0.1) is 5.10 Å². The van der Waals surface area contributed by atoms with Gasteiger partial charge in [0.1, 0.15) is 0 Å². The predicted molar refractivity (Wildman–Crippen MR) is 112 cm³/mol. The first-order valence-corrected chi connectivity index (χ1v) is 11.4. The van der Waals surface area contributed by atoms with Gasteiger partial charge in [-0.3, -0.25) is 0 Å². The molecular formula is C21H28N6S. The van der Waals surface area contributed by atoms with E-state index < -0.39 is 0 Å². The third kappa shape index (κ3) is 2.86. The van der Waals surface area contributed by atoms with Crippen molar-refractivity contribution in [2.45, 2.75) is 50.1 Å². The average Bonchev–Trinajstić information content (AvgIpc) is 3.41. The van der Waals surface area contributed by atoms with Crippen LogP contribution in [0.25, 0.3) is 0 Å². The van der Waals surface area contributed by atoms with E-state index in [0.717, 1.165) is 24.2 Å². The van der Waals surface area contributed by atoms with Crippen LogP contribution >= 0.6 is 11.9 Å². The number of H-pyrrole nitrogens is 1. The Kier molecular flexibility index (Phi) is 4.00. The maximum Gasteiger partial charge on any atom is 0.225 e. The minimum atomic E-state index is 0.518. The number of nitrogens with zero attached hydrogens (tertiary/aromatic N) is 4. The summed E-state index contributed by atoms with van der Waals surface area (Å²) in [4.78, 5) is 7.19. The van der Waals surface area contributed by atoms with Crippen LogP contribution in [0.15, 0.2) is 11.2 Å². The monoisotopic (exact) mass is 396 g/mol. The summed E-state index contributed by atoms with van der Waals surface area (Å²) < 4.78 is 2.41. The van der Waals surface area contributed by atoms with Crippen molar-refractivity contribution in [3.05, 3.63) is 28.3 Å². The average molecular weight is 397 g/mol. The van der Waals surface area contributed by atoms with Gasteiger partial charge in [0.05, 0.1) is 0 Å². The first-order chi connectivity index (χ1) is 13.7. The molecule has 2 N–H and O–H groups in total. The molecule has 148 valence electrons. The number of likely N-dealkylation sites (tertiary alicyclic amines) is 1. The summed E-state index contributed by atoms with van der Waals surface area (Å²) in [6, 6.07) is 2.47. The molecule has 7 heteroatoms. The number of aromatic nitrogens is 3. The Bertz CT molecular complexity index is 884. The fourth-order valence-corrected chi connectivity index (χ4v) is 6.85. The van der Waals surface area contributed by atoms with Crippen LogP contribution in [-0.2, 0) is 25.7 Å². The minimum Gasteiger partial charge on any atom is -0.324 e. The van der Waals surface area contributed by atoms with Gasteiger partial charge in [0.2, 0.25) is 11.1 Å². The van der Waals surface area contributed by atoms with Crippen molar-refractivity contribution in [1.29, 1.82) is 0 Å². The number of aromatic amines is 1. The van der Waals surface area contributed by atoms with Gasteiger partial charge >= 0.3 is 0 Å². The van der Waals surface area contributed by atoms with Crippen LogP contribution in [-0.4, -0.2) is 57.6 Å². The molecule has 2 aliphatic carbocycles. The van der Waals surface area contributed by atoms with Gasteiger partial charge in [-0.25, -0.2) is 9.40 Å². The molecule has 3 heterocycles. The van der Waals surface area contributed by atoms with Crippen LogP contribution in [0, 0.1) is 5.41 Å². The Morgan fingerprint density at radius 1 is 1.07 bits per heavy atom. The standard InChI is InChI=1S/C21H28N6S/c1-26-9-8-21(11-26)12-27(13-21)28-20-23-19(24-25-20)22-18-16-6-2-4-14(16)10-15-5-3-7-17(15)18/h10H,2-9,11-13H2,1H3,(H2,22,23,24,25). The molecule has 0 unspecified atom stereocenters. The predicted octanol–water partition coefficient (Wildman–Crippen LogP) is 3.17. The van der Waals surface area contributed by atoms with Gasteiger partial charge in [0.25, 0.3) is 0 Å². The zero-order valence-electron chi connectivity index (χ0n) is 16.6. The highest BCUT2D eigenvalue weighted by molar-refractivity contribution is 7.96. The molecule has 6 rings (SSSR count). The van der Waals surface area contributed by atoms with Crippen LogP contribution in [0.2, 0.25) is 0 Å². The zero-order chi connectivity index (χ0) is 18.7. The van der Waals surface area contributed by atoms with Crippen LogP contribution in [0.3, 0.4) is 0 Å². The maximum absolute atomic E-state index is 4.74. The van der Waals surface area contributed by atoms with E-state index in [4.69, 9.17) is 4.98 Å². The highest BCUT2D eigenvalue weighted by atomic mass is 32.2. The normalized spacial score (nSPS) is 23.2. The fourth-order valence-electron chi connectivity index (χ4n) is 5.73. The highest BCUT2D eigenvalue weighted by Gasteiger charge is 2.47. The Labute approximate surface area is 170 Å². The fraction of sp³-hybridized carbons (Fsp3) is 0.619. The van der Waals surface area contributed by atoms with Gasteiger partial charge in [0, 0.05) is 42.7 Å². The first-order valence-electron chi connectivity index (χ1n) is 10.6. The maximum atomic E-state index is 4.74. The number of benzene rings is 1. The van der Waals surface area contributed by atoms with Crippen molar-refractivity contribution in [2.75, 3.05) is 38.5 Å². The molecule has 0 amide bonds. The van der Waals surface area contributed by atoms with Gasteiger partial charge in [-0.05, 0) is 80.8 Å². The van der Waals surface area contributed by atoms with Crippen LogP contribution in [0.1, 0.15) is 41.5 Å². The highest BCUT2D eigenvalue weighted by Crippen LogP contribution is 2.44. The van der Waals surface area contributed by atoms with Crippen molar-refractivity contribution >= 4 is 23.6 Å². The topological polar surface area (TPSA) is 60.1 Å². The Balaban J connectivity index is 1.16. The third-order valence-electron chi connectivity index (χ3n) is 7.04. The minimum absolute atomic E-state index is 0.518. The van der Waals surface area contributed by atoms with Gasteiger partial charge in [0.15, 0.2) is 0 Å². The van der Waals surface area contributed by atoms with E-state index in [0.29, 0.717) is 5.41 Å². The molecule has 1 spiro atoms. The first kappa shape index (κ1) is 17.3. The number of rotatable bonds is 4. The summed E-state index contributed by atoms with van der Waals surface area (Å²) in [5.74, 6) is 0.785. The number of fused-ring (bicyclic) bond motifs is 2. The molecule has 2 aromatic rings. The second-order valence-corrected chi connectivity index (χ2v) is 10.3. The molecule has 1 aromatic carbocycles. The lowest BCUT2D eigenvalue weighted by atomic mass is 9.81. The van der Waals surface area contributed by atoms with E-state index in [1.165, 1.54) is 74.8 Å². The van der Waals surface area contributed by atoms with Gasteiger partial charge in [-0.2, -0.15) is 4.98 Å². The van der Waals surface area contributed by atoms with Crippen molar-refractivity contribution in [2.24, 2.45) is 5.41 Å². The lowest BCUT2D eigenvalue weighted by Crippen LogP contribution is -2.54. The molecule has 2 saturated heterocycles. The molecule has 2 aliphatic heterocycles. The summed E-state index contributed by atoms with van der Waals surface area (Å²) in [5.41, 5.74) is 7.97. The van der Waals surface area contributed by atoms with E-state index >= 15 is 0 Å². The summed E-state index contributed by atoms with van der Waals surface area (Å²) in [7, 11) is 2.23. The number of aryl methyl sites for hydroxylation is 2. The molecule has 28 heavy (non-hydrogen) atoms. The number of anilines is 2. The lowest BCUT2D eigenvalue weighted by molar-refractivity contribution is 0.0912. The van der Waals surface area contributed by atoms with Gasteiger partial charge in [-0.1, -0.05) is 6.07 Å². The van der Waals surface area contributed by atoms with Crippen LogP contribution in [0.4, 0.5) is 11.6 Å². The zero-order valence-corrected chi connectivity index (χ0v) is 17.4. The van der Waals surface area contributed by atoms with E-state index in [-0.39, 0.29) is 0 Å².